The molecule has 4 heterocycles. The lowest BCUT2D eigenvalue weighted by Crippen LogP contribution is -2.58. The molecule has 1 aromatic rings. The molecular weight excluding hydrogens is 264 g/mol. The van der Waals surface area contributed by atoms with Crippen LogP contribution in [0.25, 0.3) is 0 Å². The Hall–Kier alpha value is -1.49. The number of piperazine rings is 1. The molecule has 1 aromatic heterocycles. The average molecular weight is 288 g/mol. The third kappa shape index (κ3) is 2.24. The molecule has 0 spiro atoms. The largest absolute Gasteiger partial charge is 0.487 e. The molecule has 4 rings (SSSR count). The monoisotopic (exact) mass is 288 g/mol. The van der Waals surface area contributed by atoms with Gasteiger partial charge >= 0.3 is 0 Å². The maximum absolute atomic E-state index is 6.02. The molecular formula is C16H24N4O. The molecule has 0 radical (unpaired) electrons. The van der Waals surface area contributed by atoms with Crippen molar-refractivity contribution in [3.8, 4) is 5.75 Å². The second-order valence-electron chi connectivity index (χ2n) is 6.60. The number of hydrogen-bond acceptors (Lipinski definition) is 5. The Kier molecular flexibility index (Phi) is 3.17. The average Bonchev–Trinajstić information content (AvgIpc) is 2.44. The van der Waals surface area contributed by atoms with E-state index in [1.54, 1.807) is 0 Å². The first-order chi connectivity index (χ1) is 10.2. The maximum Gasteiger partial charge on any atom is 0.171 e. The third-order valence-electron chi connectivity index (χ3n) is 4.99. The molecule has 0 unspecified atom stereocenters. The van der Waals surface area contributed by atoms with E-state index < -0.39 is 0 Å². The first kappa shape index (κ1) is 13.2. The van der Waals surface area contributed by atoms with Gasteiger partial charge in [-0.05, 0) is 20.3 Å². The molecule has 3 aliphatic rings. The molecule has 21 heavy (non-hydrogen) atoms. The van der Waals surface area contributed by atoms with Crippen LogP contribution in [0.3, 0.4) is 0 Å². The van der Waals surface area contributed by atoms with Gasteiger partial charge in [-0.25, -0.2) is 4.98 Å². The quantitative estimate of drug-likeness (QED) is 0.825. The molecule has 0 bridgehead atoms. The molecule has 3 aliphatic heterocycles. The zero-order valence-corrected chi connectivity index (χ0v) is 13.0. The normalized spacial score (nSPS) is 25.2. The van der Waals surface area contributed by atoms with E-state index in [2.05, 4.69) is 34.6 Å². The van der Waals surface area contributed by atoms with Crippen molar-refractivity contribution in [3.63, 3.8) is 0 Å². The number of fused-ring (bicyclic) bond motifs is 3. The number of aromatic nitrogens is 1. The summed E-state index contributed by atoms with van der Waals surface area (Å²) in [7, 11) is 0. The van der Waals surface area contributed by atoms with Crippen molar-refractivity contribution in [2.45, 2.75) is 32.4 Å². The predicted octanol–water partition coefficient (Wildman–Crippen LogP) is 1.58. The van der Waals surface area contributed by atoms with Crippen LogP contribution in [-0.4, -0.2) is 61.3 Å². The van der Waals surface area contributed by atoms with Gasteiger partial charge in [-0.15, -0.1) is 0 Å². The Labute approximate surface area is 126 Å². The number of nitrogens with zero attached hydrogens (tertiary/aromatic N) is 4. The SMILES string of the molecule is CC(C)N1CCN2c3ncc(N4CCC4)cc3OC[C@H]2C1. The lowest BCUT2D eigenvalue weighted by atomic mass is 10.1. The highest BCUT2D eigenvalue weighted by molar-refractivity contribution is 5.62. The summed E-state index contributed by atoms with van der Waals surface area (Å²) in [5.74, 6) is 2.01. The fraction of sp³-hybridized carbons (Fsp3) is 0.688. The van der Waals surface area contributed by atoms with Gasteiger partial charge in [0.2, 0.25) is 0 Å². The Balaban J connectivity index is 1.56. The fourth-order valence-electron chi connectivity index (χ4n) is 3.45. The molecule has 0 aromatic carbocycles. The number of anilines is 2. The molecule has 0 aliphatic carbocycles. The highest BCUT2D eigenvalue weighted by Gasteiger charge is 2.34. The molecule has 5 heteroatoms. The van der Waals surface area contributed by atoms with Gasteiger partial charge in [0.25, 0.3) is 0 Å². The summed E-state index contributed by atoms with van der Waals surface area (Å²) >= 11 is 0. The van der Waals surface area contributed by atoms with Gasteiger partial charge in [0.15, 0.2) is 11.6 Å². The highest BCUT2D eigenvalue weighted by Crippen LogP contribution is 2.36. The minimum atomic E-state index is 0.441. The minimum Gasteiger partial charge on any atom is -0.487 e. The van der Waals surface area contributed by atoms with Crippen molar-refractivity contribution in [1.82, 2.24) is 9.88 Å². The van der Waals surface area contributed by atoms with Gasteiger partial charge in [-0.1, -0.05) is 0 Å². The van der Waals surface area contributed by atoms with Crippen LogP contribution in [-0.2, 0) is 0 Å². The van der Waals surface area contributed by atoms with Crippen molar-refractivity contribution in [2.24, 2.45) is 0 Å². The van der Waals surface area contributed by atoms with E-state index in [1.165, 1.54) is 12.1 Å². The molecule has 2 saturated heterocycles. The second kappa shape index (κ2) is 5.05. The molecule has 0 N–H and O–H groups in total. The topological polar surface area (TPSA) is 31.8 Å². The Morgan fingerprint density at radius 2 is 2.10 bits per heavy atom. The molecule has 1 atom stereocenters. The van der Waals surface area contributed by atoms with Crippen LogP contribution in [0.4, 0.5) is 11.5 Å². The third-order valence-corrected chi connectivity index (χ3v) is 4.99. The summed E-state index contributed by atoms with van der Waals surface area (Å²) in [6.45, 7) is 10.9. The molecule has 0 amide bonds. The molecule has 114 valence electrons. The summed E-state index contributed by atoms with van der Waals surface area (Å²) in [5, 5.41) is 0. The number of hydrogen-bond donors (Lipinski definition) is 0. The molecule has 0 saturated carbocycles. The van der Waals surface area contributed by atoms with Crippen molar-refractivity contribution in [1.29, 1.82) is 0 Å². The first-order valence-electron chi connectivity index (χ1n) is 8.11. The van der Waals surface area contributed by atoms with Crippen molar-refractivity contribution >= 4 is 11.5 Å². The predicted molar refractivity (Wildman–Crippen MR) is 84.4 cm³/mol. The molecule has 5 nitrogen and oxygen atoms in total. The number of ether oxygens (including phenoxy) is 1. The van der Waals surface area contributed by atoms with Gasteiger partial charge in [-0.3, -0.25) is 4.90 Å². The van der Waals surface area contributed by atoms with E-state index in [4.69, 9.17) is 9.72 Å². The van der Waals surface area contributed by atoms with E-state index in [1.807, 2.05) is 6.20 Å². The van der Waals surface area contributed by atoms with Crippen LogP contribution in [0.5, 0.6) is 5.75 Å². The Morgan fingerprint density at radius 3 is 2.81 bits per heavy atom. The zero-order valence-electron chi connectivity index (χ0n) is 13.0. The summed E-state index contributed by atoms with van der Waals surface area (Å²) < 4.78 is 6.02. The van der Waals surface area contributed by atoms with Crippen LogP contribution in [0, 0.1) is 0 Å². The summed E-state index contributed by atoms with van der Waals surface area (Å²) in [4.78, 5) is 12.1. The fourth-order valence-corrected chi connectivity index (χ4v) is 3.45. The highest BCUT2D eigenvalue weighted by atomic mass is 16.5. The first-order valence-corrected chi connectivity index (χ1v) is 8.11. The maximum atomic E-state index is 6.02. The van der Waals surface area contributed by atoms with Gasteiger partial charge < -0.3 is 14.5 Å². The lowest BCUT2D eigenvalue weighted by molar-refractivity contribution is 0.140. The number of rotatable bonds is 2. The smallest absolute Gasteiger partial charge is 0.171 e. The molecule has 2 fully saturated rings. The van der Waals surface area contributed by atoms with Gasteiger partial charge in [-0.2, -0.15) is 0 Å². The van der Waals surface area contributed by atoms with Crippen LogP contribution in [0.2, 0.25) is 0 Å². The summed E-state index contributed by atoms with van der Waals surface area (Å²) in [6, 6.07) is 3.22. The van der Waals surface area contributed by atoms with E-state index >= 15 is 0 Å². The van der Waals surface area contributed by atoms with Crippen molar-refractivity contribution < 1.29 is 4.74 Å². The van der Waals surface area contributed by atoms with E-state index in [0.717, 1.165) is 50.9 Å². The summed E-state index contributed by atoms with van der Waals surface area (Å²) in [6.07, 6.45) is 3.30. The second-order valence-corrected chi connectivity index (χ2v) is 6.60. The Bertz CT molecular complexity index is 529. The standard InChI is InChI=1S/C16H24N4O/c1-12(2)19-6-7-20-14(10-19)11-21-15-8-13(9-17-16(15)20)18-4-3-5-18/h8-9,12,14H,3-7,10-11H2,1-2H3/t14-/m1/s1. The van der Waals surface area contributed by atoms with Crippen LogP contribution < -0.4 is 14.5 Å². The minimum absolute atomic E-state index is 0.441. The van der Waals surface area contributed by atoms with Gasteiger partial charge in [0.1, 0.15) is 6.61 Å². The van der Waals surface area contributed by atoms with Crippen LogP contribution >= 0.6 is 0 Å². The van der Waals surface area contributed by atoms with Crippen molar-refractivity contribution in [3.05, 3.63) is 12.3 Å². The van der Waals surface area contributed by atoms with Gasteiger partial charge in [0.05, 0.1) is 17.9 Å². The van der Waals surface area contributed by atoms with Crippen molar-refractivity contribution in [2.75, 3.05) is 49.1 Å². The van der Waals surface area contributed by atoms with E-state index in [-0.39, 0.29) is 0 Å². The van der Waals surface area contributed by atoms with Gasteiger partial charge in [0, 0.05) is 44.8 Å². The van der Waals surface area contributed by atoms with E-state index in [0.29, 0.717) is 12.1 Å². The number of pyridine rings is 1. The van der Waals surface area contributed by atoms with E-state index in [9.17, 15) is 0 Å². The Morgan fingerprint density at radius 1 is 1.24 bits per heavy atom. The van der Waals surface area contributed by atoms with Crippen LogP contribution in [0.15, 0.2) is 12.3 Å². The zero-order chi connectivity index (χ0) is 14.4. The van der Waals surface area contributed by atoms with Crippen LogP contribution in [0.1, 0.15) is 20.3 Å². The summed E-state index contributed by atoms with van der Waals surface area (Å²) in [5.41, 5.74) is 1.21. The lowest BCUT2D eigenvalue weighted by Gasteiger charge is -2.46.